The SMILES string of the molecule is O=C(Nc1ccc(F)cn1)Oc1ccc(N2CCN(C(=O)c3ccccc3C(F)(F)F)CC2)nn1. The third kappa shape index (κ3) is 5.80. The largest absolute Gasteiger partial charge is 0.419 e. The van der Waals surface area contributed by atoms with Crippen molar-refractivity contribution in [2.45, 2.75) is 6.18 Å². The molecule has 3 heterocycles. The van der Waals surface area contributed by atoms with E-state index in [9.17, 15) is 27.2 Å². The van der Waals surface area contributed by atoms with Gasteiger partial charge in [0.15, 0.2) is 5.82 Å². The van der Waals surface area contributed by atoms with Gasteiger partial charge in [-0.05, 0) is 30.3 Å². The van der Waals surface area contributed by atoms with E-state index in [0.29, 0.717) is 18.9 Å². The molecule has 1 aromatic carbocycles. The molecule has 9 nitrogen and oxygen atoms in total. The van der Waals surface area contributed by atoms with E-state index in [1.807, 2.05) is 0 Å². The predicted molar refractivity (Wildman–Crippen MR) is 115 cm³/mol. The van der Waals surface area contributed by atoms with Gasteiger partial charge in [-0.3, -0.25) is 10.1 Å². The summed E-state index contributed by atoms with van der Waals surface area (Å²) < 4.78 is 57.6. The van der Waals surface area contributed by atoms with Crippen LogP contribution in [0.15, 0.2) is 54.7 Å². The Morgan fingerprint density at radius 1 is 0.943 bits per heavy atom. The number of rotatable bonds is 4. The quantitative estimate of drug-likeness (QED) is 0.558. The first kappa shape index (κ1) is 23.9. The molecule has 0 atom stereocenters. The van der Waals surface area contributed by atoms with Gasteiger partial charge in [0.25, 0.3) is 5.91 Å². The highest BCUT2D eigenvalue weighted by Gasteiger charge is 2.36. The molecule has 1 aliphatic heterocycles. The van der Waals surface area contributed by atoms with E-state index < -0.39 is 29.6 Å². The zero-order chi connectivity index (χ0) is 25.0. The molecule has 1 aliphatic rings. The molecule has 0 aliphatic carbocycles. The molecule has 3 aromatic rings. The third-order valence-corrected chi connectivity index (χ3v) is 5.13. The highest BCUT2D eigenvalue weighted by molar-refractivity contribution is 5.96. The van der Waals surface area contributed by atoms with Crippen LogP contribution in [0.25, 0.3) is 0 Å². The molecule has 1 fully saturated rings. The summed E-state index contributed by atoms with van der Waals surface area (Å²) in [7, 11) is 0. The zero-order valence-electron chi connectivity index (χ0n) is 18.0. The maximum atomic E-state index is 13.2. The van der Waals surface area contributed by atoms with Crippen LogP contribution in [-0.4, -0.2) is 58.3 Å². The Balaban J connectivity index is 1.32. The highest BCUT2D eigenvalue weighted by Crippen LogP contribution is 2.32. The van der Waals surface area contributed by atoms with E-state index in [2.05, 4.69) is 20.5 Å². The number of nitrogens with zero attached hydrogens (tertiary/aromatic N) is 5. The molecule has 13 heteroatoms. The van der Waals surface area contributed by atoms with Crippen molar-refractivity contribution in [3.8, 4) is 5.88 Å². The van der Waals surface area contributed by atoms with E-state index in [1.165, 1.54) is 35.2 Å². The van der Waals surface area contributed by atoms with Gasteiger partial charge in [-0.15, -0.1) is 10.2 Å². The van der Waals surface area contributed by atoms with E-state index >= 15 is 0 Å². The van der Waals surface area contributed by atoms with Crippen LogP contribution < -0.4 is 15.0 Å². The van der Waals surface area contributed by atoms with Crippen molar-refractivity contribution < 1.29 is 31.9 Å². The number of carbonyl (C=O) groups is 2. The molecular weight excluding hydrogens is 472 g/mol. The topological polar surface area (TPSA) is 101 Å². The molecule has 2 aromatic heterocycles. The van der Waals surface area contributed by atoms with Crippen LogP contribution in [0.3, 0.4) is 0 Å². The molecule has 0 spiro atoms. The van der Waals surface area contributed by atoms with E-state index in [-0.39, 0.29) is 30.4 Å². The average molecular weight is 490 g/mol. The Kier molecular flexibility index (Phi) is 6.75. The van der Waals surface area contributed by atoms with Crippen LogP contribution in [0.4, 0.5) is 34.0 Å². The second-order valence-electron chi connectivity index (χ2n) is 7.43. The van der Waals surface area contributed by atoms with Gasteiger partial charge in [0.2, 0.25) is 5.88 Å². The molecule has 1 saturated heterocycles. The predicted octanol–water partition coefficient (Wildman–Crippen LogP) is 3.60. The van der Waals surface area contributed by atoms with Crippen LogP contribution in [0.5, 0.6) is 5.88 Å². The number of anilines is 2. The Morgan fingerprint density at radius 2 is 1.69 bits per heavy atom. The van der Waals surface area contributed by atoms with Crippen LogP contribution in [0, 0.1) is 5.82 Å². The van der Waals surface area contributed by atoms with E-state index in [1.54, 1.807) is 11.0 Å². The van der Waals surface area contributed by atoms with Gasteiger partial charge in [0.1, 0.15) is 11.6 Å². The maximum Gasteiger partial charge on any atom is 0.419 e. The van der Waals surface area contributed by atoms with Crippen LogP contribution in [0.2, 0.25) is 0 Å². The number of carbonyl (C=O) groups excluding carboxylic acids is 2. The standard InChI is InChI=1S/C22H18F4N6O3/c23-14-5-6-17(27-13-14)28-21(34)35-19-8-7-18(29-30-19)31-9-11-32(12-10-31)20(33)15-3-1-2-4-16(15)22(24,25)26/h1-8,13H,9-12H2,(H,27,28,34). The first-order valence-corrected chi connectivity index (χ1v) is 10.4. The van der Waals surface area contributed by atoms with Crippen molar-refractivity contribution in [2.24, 2.45) is 0 Å². The lowest BCUT2D eigenvalue weighted by atomic mass is 10.1. The highest BCUT2D eigenvalue weighted by atomic mass is 19.4. The number of ether oxygens (including phenoxy) is 1. The molecule has 0 unspecified atom stereocenters. The van der Waals surface area contributed by atoms with Crippen LogP contribution in [-0.2, 0) is 6.18 Å². The Hall–Kier alpha value is -4.29. The van der Waals surface area contributed by atoms with Crippen molar-refractivity contribution in [3.05, 3.63) is 71.7 Å². The third-order valence-electron chi connectivity index (χ3n) is 5.13. The molecule has 2 amide bonds. The summed E-state index contributed by atoms with van der Waals surface area (Å²) in [6.45, 7) is 1.03. The Morgan fingerprint density at radius 3 is 2.31 bits per heavy atom. The van der Waals surface area contributed by atoms with E-state index in [0.717, 1.165) is 18.3 Å². The summed E-state index contributed by atoms with van der Waals surface area (Å²) in [5, 5.41) is 10.1. The minimum absolute atomic E-state index is 0.0891. The number of amides is 2. The number of halogens is 4. The van der Waals surface area contributed by atoms with Gasteiger partial charge in [-0.2, -0.15) is 13.2 Å². The summed E-state index contributed by atoms with van der Waals surface area (Å²) >= 11 is 0. The van der Waals surface area contributed by atoms with Crippen molar-refractivity contribution in [1.29, 1.82) is 0 Å². The number of alkyl halides is 3. The number of aromatic nitrogens is 3. The first-order valence-electron chi connectivity index (χ1n) is 10.4. The minimum atomic E-state index is -4.63. The molecular formula is C22H18F4N6O3. The van der Waals surface area contributed by atoms with Gasteiger partial charge in [-0.25, -0.2) is 14.2 Å². The zero-order valence-corrected chi connectivity index (χ0v) is 18.0. The minimum Gasteiger partial charge on any atom is -0.389 e. The molecule has 0 saturated carbocycles. The summed E-state index contributed by atoms with van der Waals surface area (Å²) in [6.07, 6.45) is -4.58. The molecule has 0 bridgehead atoms. The second-order valence-corrected chi connectivity index (χ2v) is 7.43. The maximum absolute atomic E-state index is 13.2. The second kappa shape index (κ2) is 9.91. The summed E-state index contributed by atoms with van der Waals surface area (Å²) in [4.78, 5) is 31.5. The molecule has 4 rings (SSSR count). The Labute approximate surface area is 196 Å². The van der Waals surface area contributed by atoms with Crippen LogP contribution in [0.1, 0.15) is 15.9 Å². The van der Waals surface area contributed by atoms with Gasteiger partial charge >= 0.3 is 12.3 Å². The summed E-state index contributed by atoms with van der Waals surface area (Å²) in [5.41, 5.74) is -1.35. The normalized spacial score (nSPS) is 13.9. The van der Waals surface area contributed by atoms with Crippen molar-refractivity contribution >= 4 is 23.6 Å². The Bertz CT molecular complexity index is 1200. The molecule has 35 heavy (non-hydrogen) atoms. The monoisotopic (exact) mass is 490 g/mol. The number of pyridine rings is 1. The average Bonchev–Trinajstić information content (AvgIpc) is 2.85. The lowest BCUT2D eigenvalue weighted by molar-refractivity contribution is -0.138. The lowest BCUT2D eigenvalue weighted by Crippen LogP contribution is -2.49. The number of hydrogen-bond donors (Lipinski definition) is 1. The fourth-order valence-corrected chi connectivity index (χ4v) is 3.44. The van der Waals surface area contributed by atoms with Gasteiger partial charge in [-0.1, -0.05) is 12.1 Å². The van der Waals surface area contributed by atoms with Gasteiger partial charge in [0, 0.05) is 32.2 Å². The molecule has 182 valence electrons. The summed E-state index contributed by atoms with van der Waals surface area (Å²) in [6, 6.07) is 10.1. The van der Waals surface area contributed by atoms with Gasteiger partial charge in [0.05, 0.1) is 17.3 Å². The number of hydrogen-bond acceptors (Lipinski definition) is 7. The number of piperazine rings is 1. The lowest BCUT2D eigenvalue weighted by Gasteiger charge is -2.35. The van der Waals surface area contributed by atoms with Crippen molar-refractivity contribution in [2.75, 3.05) is 36.4 Å². The number of nitrogens with one attached hydrogen (secondary N) is 1. The van der Waals surface area contributed by atoms with Crippen molar-refractivity contribution in [3.63, 3.8) is 0 Å². The molecule has 1 N–H and O–H groups in total. The van der Waals surface area contributed by atoms with Gasteiger partial charge < -0.3 is 14.5 Å². The fraction of sp³-hybridized carbons (Fsp3) is 0.227. The first-order chi connectivity index (χ1) is 16.7. The number of benzene rings is 1. The van der Waals surface area contributed by atoms with Crippen LogP contribution >= 0.6 is 0 Å². The summed E-state index contributed by atoms with van der Waals surface area (Å²) in [5.74, 6) is -0.798. The molecule has 0 radical (unpaired) electrons. The van der Waals surface area contributed by atoms with E-state index in [4.69, 9.17) is 4.74 Å². The fourth-order valence-electron chi connectivity index (χ4n) is 3.44. The smallest absolute Gasteiger partial charge is 0.389 e. The van der Waals surface area contributed by atoms with Crippen molar-refractivity contribution in [1.82, 2.24) is 20.1 Å².